The van der Waals surface area contributed by atoms with E-state index in [0.717, 1.165) is 5.56 Å². The average molecular weight is 326 g/mol. The fourth-order valence-corrected chi connectivity index (χ4v) is 3.22. The summed E-state index contributed by atoms with van der Waals surface area (Å²) in [6.45, 7) is 2.05. The van der Waals surface area contributed by atoms with Gasteiger partial charge in [-0.25, -0.2) is 0 Å². The maximum Gasteiger partial charge on any atom is 0.309 e. The summed E-state index contributed by atoms with van der Waals surface area (Å²) in [6, 6.07) is 9.37. The Labute approximate surface area is 133 Å². The van der Waals surface area contributed by atoms with Crippen LogP contribution in [-0.4, -0.2) is 34.8 Å². The first-order chi connectivity index (χ1) is 10.6. The maximum atomic E-state index is 11.9. The summed E-state index contributed by atoms with van der Waals surface area (Å²) in [4.78, 5) is 23.0. The lowest BCUT2D eigenvalue weighted by Gasteiger charge is -2.11. The van der Waals surface area contributed by atoms with Gasteiger partial charge in [0, 0.05) is 22.3 Å². The molecule has 5 nitrogen and oxygen atoms in total. The van der Waals surface area contributed by atoms with Crippen LogP contribution in [0, 0.1) is 5.92 Å². The summed E-state index contributed by atoms with van der Waals surface area (Å²) in [7, 11) is 0.0719. The summed E-state index contributed by atoms with van der Waals surface area (Å²) in [5, 5.41) is 0. The van der Waals surface area contributed by atoms with E-state index in [1.54, 1.807) is 0 Å². The van der Waals surface area contributed by atoms with Gasteiger partial charge in [0.2, 0.25) is 0 Å². The van der Waals surface area contributed by atoms with Crippen LogP contribution in [0.15, 0.2) is 30.3 Å². The molecule has 0 heterocycles. The Morgan fingerprint density at radius 1 is 1.23 bits per heavy atom. The Morgan fingerprint density at radius 2 is 1.91 bits per heavy atom. The third kappa shape index (κ3) is 6.85. The highest BCUT2D eigenvalue weighted by molar-refractivity contribution is 7.85. The van der Waals surface area contributed by atoms with Gasteiger partial charge in [0.1, 0.15) is 6.61 Å². The number of hydrogen-bond donors (Lipinski definition) is 0. The summed E-state index contributed by atoms with van der Waals surface area (Å²) in [5.74, 6) is -0.715. The van der Waals surface area contributed by atoms with Crippen LogP contribution in [0.2, 0.25) is 0 Å². The van der Waals surface area contributed by atoms with Crippen molar-refractivity contribution in [3.05, 3.63) is 35.9 Å². The molecule has 0 N–H and O–H groups in total. The molecule has 122 valence electrons. The highest BCUT2D eigenvalue weighted by Crippen LogP contribution is 2.08. The summed E-state index contributed by atoms with van der Waals surface area (Å²) >= 11 is 0. The van der Waals surface area contributed by atoms with Crippen LogP contribution in [0.5, 0.6) is 0 Å². The fraction of sp³-hybridized carbons (Fsp3) is 0.500. The van der Waals surface area contributed by atoms with Crippen molar-refractivity contribution in [2.75, 3.05) is 18.6 Å². The van der Waals surface area contributed by atoms with Crippen molar-refractivity contribution in [2.45, 2.75) is 26.4 Å². The molecule has 0 spiro atoms. The molecule has 6 heteroatoms. The van der Waals surface area contributed by atoms with Crippen molar-refractivity contribution < 1.29 is 23.3 Å². The zero-order valence-corrected chi connectivity index (χ0v) is 13.8. The Hall–Kier alpha value is -1.69. The average Bonchev–Trinajstić information content (AvgIpc) is 2.56. The van der Waals surface area contributed by atoms with Crippen molar-refractivity contribution in [2.24, 2.45) is 5.92 Å². The molecule has 0 saturated heterocycles. The molecule has 0 radical (unpaired) electrons. The van der Waals surface area contributed by atoms with Crippen molar-refractivity contribution in [1.82, 2.24) is 0 Å². The number of methoxy groups -OCH3 is 1. The molecular weight excluding hydrogens is 304 g/mol. The van der Waals surface area contributed by atoms with Crippen molar-refractivity contribution in [3.63, 3.8) is 0 Å². The molecule has 0 aliphatic carbocycles. The maximum absolute atomic E-state index is 11.9. The second kappa shape index (κ2) is 10.1. The molecule has 0 saturated carbocycles. The highest BCUT2D eigenvalue weighted by Gasteiger charge is 2.20. The van der Waals surface area contributed by atoms with E-state index in [9.17, 15) is 13.8 Å². The van der Waals surface area contributed by atoms with Gasteiger partial charge in [-0.3, -0.25) is 13.8 Å². The first-order valence-corrected chi connectivity index (χ1v) is 8.68. The molecule has 0 fully saturated rings. The van der Waals surface area contributed by atoms with Gasteiger partial charge in [-0.1, -0.05) is 37.3 Å². The van der Waals surface area contributed by atoms with E-state index in [1.165, 1.54) is 7.11 Å². The molecule has 1 aromatic carbocycles. The lowest BCUT2D eigenvalue weighted by atomic mass is 10.1. The number of hydrogen-bond acceptors (Lipinski definition) is 5. The molecule has 0 aliphatic rings. The van der Waals surface area contributed by atoms with E-state index in [0.29, 0.717) is 6.42 Å². The predicted molar refractivity (Wildman–Crippen MR) is 84.5 cm³/mol. The molecular formula is C16H22O5S. The lowest BCUT2D eigenvalue weighted by molar-refractivity contribution is -0.145. The molecule has 1 unspecified atom stereocenters. The topological polar surface area (TPSA) is 69.7 Å². The first kappa shape index (κ1) is 18.4. The number of esters is 2. The number of rotatable bonds is 9. The van der Waals surface area contributed by atoms with Gasteiger partial charge in [-0.05, 0) is 12.0 Å². The Kier molecular flexibility index (Phi) is 8.43. The van der Waals surface area contributed by atoms with E-state index in [2.05, 4.69) is 4.74 Å². The smallest absolute Gasteiger partial charge is 0.309 e. The van der Waals surface area contributed by atoms with Gasteiger partial charge in [-0.15, -0.1) is 0 Å². The van der Waals surface area contributed by atoms with Crippen molar-refractivity contribution >= 4 is 22.7 Å². The van der Waals surface area contributed by atoms with E-state index in [1.807, 2.05) is 37.3 Å². The van der Waals surface area contributed by atoms with Gasteiger partial charge >= 0.3 is 11.9 Å². The molecule has 0 aliphatic heterocycles. The number of carbonyl (C=O) groups is 2. The van der Waals surface area contributed by atoms with Gasteiger partial charge in [0.25, 0.3) is 0 Å². The molecule has 0 bridgehead atoms. The van der Waals surface area contributed by atoms with E-state index < -0.39 is 10.8 Å². The fourth-order valence-electron chi connectivity index (χ4n) is 1.83. The first-order valence-electron chi connectivity index (χ1n) is 7.19. The quantitative estimate of drug-likeness (QED) is 0.650. The Morgan fingerprint density at radius 3 is 2.50 bits per heavy atom. The van der Waals surface area contributed by atoms with Crippen LogP contribution >= 0.6 is 0 Å². The van der Waals surface area contributed by atoms with Gasteiger partial charge < -0.3 is 9.47 Å². The summed E-state index contributed by atoms with van der Waals surface area (Å²) < 4.78 is 21.7. The second-order valence-electron chi connectivity index (χ2n) is 4.84. The van der Waals surface area contributed by atoms with Gasteiger partial charge in [0.05, 0.1) is 19.4 Å². The van der Waals surface area contributed by atoms with Crippen LogP contribution in [-0.2, 0) is 36.5 Å². The van der Waals surface area contributed by atoms with Crippen molar-refractivity contribution in [3.8, 4) is 0 Å². The molecule has 1 aromatic rings. The van der Waals surface area contributed by atoms with E-state index in [-0.39, 0.29) is 42.4 Å². The largest absolute Gasteiger partial charge is 0.469 e. The van der Waals surface area contributed by atoms with Crippen LogP contribution in [0.4, 0.5) is 0 Å². The number of benzene rings is 1. The highest BCUT2D eigenvalue weighted by atomic mass is 32.2. The third-order valence-corrected chi connectivity index (χ3v) is 4.62. The lowest BCUT2D eigenvalue weighted by Crippen LogP contribution is -2.23. The third-order valence-electron chi connectivity index (χ3n) is 3.19. The van der Waals surface area contributed by atoms with Crippen LogP contribution in [0.1, 0.15) is 25.3 Å². The van der Waals surface area contributed by atoms with Crippen LogP contribution < -0.4 is 0 Å². The van der Waals surface area contributed by atoms with E-state index in [4.69, 9.17) is 4.74 Å². The normalized spacial score (nSPS) is 13.2. The predicted octanol–water partition coefficient (Wildman–Crippen LogP) is 2.07. The summed E-state index contributed by atoms with van der Waals surface area (Å²) in [6.07, 6.45) is 0.647. The molecule has 0 aromatic heterocycles. The standard InChI is InChI=1S/C16H22O5S/c1-3-14(16(18)20-2)12-22(19)10-9-15(17)21-11-13-7-5-4-6-8-13/h4-8,14H,3,9-12H2,1-2H3/t14-,22?/m1/s1. The SMILES string of the molecule is CC[C@H](CS(=O)CCC(=O)OCc1ccccc1)C(=O)OC. The number of ether oxygens (including phenoxy) is 2. The minimum Gasteiger partial charge on any atom is -0.469 e. The molecule has 22 heavy (non-hydrogen) atoms. The minimum atomic E-state index is -1.24. The van der Waals surface area contributed by atoms with E-state index >= 15 is 0 Å². The molecule has 2 atom stereocenters. The van der Waals surface area contributed by atoms with Crippen molar-refractivity contribution in [1.29, 1.82) is 0 Å². The number of carbonyl (C=O) groups excluding carboxylic acids is 2. The zero-order chi connectivity index (χ0) is 16.4. The van der Waals surface area contributed by atoms with Crippen LogP contribution in [0.25, 0.3) is 0 Å². The van der Waals surface area contributed by atoms with Gasteiger partial charge in [0.15, 0.2) is 0 Å². The van der Waals surface area contributed by atoms with Gasteiger partial charge in [-0.2, -0.15) is 0 Å². The Bertz CT molecular complexity index is 501. The second-order valence-corrected chi connectivity index (χ2v) is 6.46. The monoisotopic (exact) mass is 326 g/mol. The Balaban J connectivity index is 2.28. The molecule has 1 rings (SSSR count). The molecule has 0 amide bonds. The van der Waals surface area contributed by atoms with Crippen LogP contribution in [0.3, 0.4) is 0 Å². The zero-order valence-electron chi connectivity index (χ0n) is 12.9. The summed E-state index contributed by atoms with van der Waals surface area (Å²) in [5.41, 5.74) is 0.911. The minimum absolute atomic E-state index is 0.0804.